The number of carbonyl (C=O) groups excluding carboxylic acids is 1. The Morgan fingerprint density at radius 2 is 2.24 bits per heavy atom. The lowest BCUT2D eigenvalue weighted by Crippen LogP contribution is -2.34. The minimum atomic E-state index is -0.625. The van der Waals surface area contributed by atoms with Crippen molar-refractivity contribution < 1.29 is 14.6 Å². The number of hydrogen-bond donors (Lipinski definition) is 2. The van der Waals surface area contributed by atoms with Crippen LogP contribution in [0.1, 0.15) is 44.9 Å². The average molecular weight is 296 g/mol. The van der Waals surface area contributed by atoms with Crippen LogP contribution in [0.4, 0.5) is 0 Å². The molecule has 0 radical (unpaired) electrons. The van der Waals surface area contributed by atoms with Crippen molar-refractivity contribution in [2.75, 3.05) is 0 Å². The van der Waals surface area contributed by atoms with E-state index in [1.165, 1.54) is 17.7 Å². The number of aliphatic hydroxyl groups excluding tert-OH is 1. The number of H-pyrrole nitrogens is 1. The number of hydrogen-bond acceptors (Lipinski definition) is 5. The lowest BCUT2D eigenvalue weighted by atomic mass is 10.1. The smallest absolute Gasteiger partial charge is 0.330 e. The number of Topliss-reactive ketones (excluding diaryl/α,β-unsaturated/α-hetero) is 1. The summed E-state index contributed by atoms with van der Waals surface area (Å²) in [7, 11) is 0. The molecular weight excluding hydrogens is 276 g/mol. The molecule has 2 rings (SSSR count). The Balaban J connectivity index is 2.28. The summed E-state index contributed by atoms with van der Waals surface area (Å²) in [6.45, 7) is 3.34. The SMILES string of the molecule is CCC1OC(n2cc(CCC(C)=O)c(=O)[nH]c2=O)CC1O. The van der Waals surface area contributed by atoms with Crippen LogP contribution in [0, 0.1) is 0 Å². The molecule has 1 aromatic rings. The molecule has 7 nitrogen and oxygen atoms in total. The molecule has 1 aliphatic heterocycles. The third-order valence-electron chi connectivity index (χ3n) is 3.70. The number of nitrogens with zero attached hydrogens (tertiary/aromatic N) is 1. The van der Waals surface area contributed by atoms with E-state index in [1.807, 2.05) is 6.92 Å². The highest BCUT2D eigenvalue weighted by Crippen LogP contribution is 2.29. The fourth-order valence-electron chi connectivity index (χ4n) is 2.48. The molecule has 1 aliphatic rings. The zero-order valence-corrected chi connectivity index (χ0v) is 12.2. The maximum atomic E-state index is 11.9. The number of ketones is 1. The van der Waals surface area contributed by atoms with Gasteiger partial charge in [0.15, 0.2) is 0 Å². The quantitative estimate of drug-likeness (QED) is 0.803. The number of aromatic amines is 1. The Labute approximate surface area is 121 Å². The molecule has 2 N–H and O–H groups in total. The fraction of sp³-hybridized carbons (Fsp3) is 0.643. The monoisotopic (exact) mass is 296 g/mol. The molecule has 0 amide bonds. The Bertz CT molecular complexity index is 633. The van der Waals surface area contributed by atoms with Crippen molar-refractivity contribution in [3.63, 3.8) is 0 Å². The molecule has 116 valence electrons. The predicted molar refractivity (Wildman–Crippen MR) is 75.1 cm³/mol. The first-order valence-corrected chi connectivity index (χ1v) is 7.09. The summed E-state index contributed by atoms with van der Waals surface area (Å²) in [5.41, 5.74) is -0.688. The number of nitrogens with one attached hydrogen (secondary N) is 1. The predicted octanol–water partition coefficient (Wildman–Crippen LogP) is 0.117. The Morgan fingerprint density at radius 3 is 2.81 bits per heavy atom. The van der Waals surface area contributed by atoms with Gasteiger partial charge in [-0.05, 0) is 19.8 Å². The maximum absolute atomic E-state index is 11.9. The molecule has 2 heterocycles. The van der Waals surface area contributed by atoms with Crippen molar-refractivity contribution in [2.45, 2.75) is 58.0 Å². The van der Waals surface area contributed by atoms with E-state index in [1.54, 1.807) is 0 Å². The van der Waals surface area contributed by atoms with Gasteiger partial charge in [-0.25, -0.2) is 4.79 Å². The molecule has 0 aromatic carbocycles. The van der Waals surface area contributed by atoms with Crippen LogP contribution >= 0.6 is 0 Å². The lowest BCUT2D eigenvalue weighted by Gasteiger charge is -2.15. The summed E-state index contributed by atoms with van der Waals surface area (Å²) in [5.74, 6) is -0.0225. The summed E-state index contributed by atoms with van der Waals surface area (Å²) in [6, 6.07) is 0. The molecule has 0 bridgehead atoms. The Kier molecular flexibility index (Phi) is 4.74. The van der Waals surface area contributed by atoms with Gasteiger partial charge in [0.05, 0.1) is 12.2 Å². The average Bonchev–Trinajstić information content (AvgIpc) is 2.78. The zero-order chi connectivity index (χ0) is 15.6. The van der Waals surface area contributed by atoms with Crippen molar-refractivity contribution in [1.29, 1.82) is 0 Å². The Morgan fingerprint density at radius 1 is 1.52 bits per heavy atom. The highest BCUT2D eigenvalue weighted by Gasteiger charge is 2.34. The van der Waals surface area contributed by atoms with Gasteiger partial charge in [-0.15, -0.1) is 0 Å². The van der Waals surface area contributed by atoms with E-state index in [-0.39, 0.29) is 24.7 Å². The third-order valence-corrected chi connectivity index (χ3v) is 3.70. The molecule has 1 saturated heterocycles. The molecule has 1 fully saturated rings. The van der Waals surface area contributed by atoms with Gasteiger partial charge in [-0.1, -0.05) is 6.92 Å². The number of aryl methyl sites for hydroxylation is 1. The number of aliphatic hydroxyl groups is 1. The Hall–Kier alpha value is -1.73. The summed E-state index contributed by atoms with van der Waals surface area (Å²) in [5, 5.41) is 9.85. The first-order valence-electron chi connectivity index (χ1n) is 7.09. The van der Waals surface area contributed by atoms with Crippen LogP contribution in [0.15, 0.2) is 15.8 Å². The number of ether oxygens (including phenoxy) is 1. The van der Waals surface area contributed by atoms with Crippen molar-refractivity contribution in [1.82, 2.24) is 9.55 Å². The van der Waals surface area contributed by atoms with Crippen LogP contribution < -0.4 is 11.2 Å². The van der Waals surface area contributed by atoms with Gasteiger partial charge in [-0.2, -0.15) is 0 Å². The second-order valence-corrected chi connectivity index (χ2v) is 5.36. The molecular formula is C14H20N2O5. The molecule has 7 heteroatoms. The van der Waals surface area contributed by atoms with Gasteiger partial charge < -0.3 is 14.6 Å². The van der Waals surface area contributed by atoms with Crippen molar-refractivity contribution in [3.8, 4) is 0 Å². The van der Waals surface area contributed by atoms with E-state index in [2.05, 4.69) is 4.98 Å². The molecule has 0 saturated carbocycles. The first-order chi connectivity index (χ1) is 9.92. The molecule has 0 aliphatic carbocycles. The van der Waals surface area contributed by atoms with E-state index in [0.717, 1.165) is 0 Å². The van der Waals surface area contributed by atoms with Crippen LogP contribution in [0.25, 0.3) is 0 Å². The summed E-state index contributed by atoms with van der Waals surface area (Å²) < 4.78 is 6.92. The van der Waals surface area contributed by atoms with E-state index < -0.39 is 23.6 Å². The van der Waals surface area contributed by atoms with Gasteiger partial charge in [-0.3, -0.25) is 14.3 Å². The van der Waals surface area contributed by atoms with E-state index in [0.29, 0.717) is 18.4 Å². The van der Waals surface area contributed by atoms with E-state index in [9.17, 15) is 19.5 Å². The minimum absolute atomic E-state index is 0.0225. The molecule has 1 aromatic heterocycles. The van der Waals surface area contributed by atoms with Gasteiger partial charge >= 0.3 is 5.69 Å². The maximum Gasteiger partial charge on any atom is 0.330 e. The number of rotatable bonds is 5. The number of carbonyl (C=O) groups is 1. The van der Waals surface area contributed by atoms with Crippen molar-refractivity contribution in [3.05, 3.63) is 32.6 Å². The topological polar surface area (TPSA) is 101 Å². The highest BCUT2D eigenvalue weighted by atomic mass is 16.5. The minimum Gasteiger partial charge on any atom is -0.390 e. The molecule has 3 unspecified atom stereocenters. The summed E-state index contributed by atoms with van der Waals surface area (Å²) in [4.78, 5) is 36.9. The van der Waals surface area contributed by atoms with E-state index in [4.69, 9.17) is 4.74 Å². The zero-order valence-electron chi connectivity index (χ0n) is 12.2. The second kappa shape index (κ2) is 6.36. The van der Waals surface area contributed by atoms with Gasteiger partial charge in [0.25, 0.3) is 5.56 Å². The van der Waals surface area contributed by atoms with Gasteiger partial charge in [0, 0.05) is 24.6 Å². The molecule has 21 heavy (non-hydrogen) atoms. The first kappa shape index (κ1) is 15.7. The summed E-state index contributed by atoms with van der Waals surface area (Å²) >= 11 is 0. The number of aromatic nitrogens is 2. The highest BCUT2D eigenvalue weighted by molar-refractivity contribution is 5.75. The lowest BCUT2D eigenvalue weighted by molar-refractivity contribution is -0.116. The van der Waals surface area contributed by atoms with E-state index >= 15 is 0 Å². The van der Waals surface area contributed by atoms with Crippen molar-refractivity contribution in [2.24, 2.45) is 0 Å². The molecule has 0 spiro atoms. The van der Waals surface area contributed by atoms with Crippen molar-refractivity contribution >= 4 is 5.78 Å². The van der Waals surface area contributed by atoms with Crippen LogP contribution in [0.3, 0.4) is 0 Å². The van der Waals surface area contributed by atoms with Crippen LogP contribution in [-0.2, 0) is 16.0 Å². The standard InChI is InChI=1S/C14H20N2O5/c1-3-11-10(18)6-12(21-11)16-7-9(5-4-8(2)17)13(19)15-14(16)20/h7,10-12,18H,3-6H2,1-2H3,(H,15,19,20). The largest absolute Gasteiger partial charge is 0.390 e. The fourth-order valence-corrected chi connectivity index (χ4v) is 2.48. The van der Waals surface area contributed by atoms with Gasteiger partial charge in [0.2, 0.25) is 0 Å². The molecule has 3 atom stereocenters. The van der Waals surface area contributed by atoms with Crippen LogP contribution in [-0.4, -0.2) is 32.6 Å². The second-order valence-electron chi connectivity index (χ2n) is 5.36. The van der Waals surface area contributed by atoms with Crippen LogP contribution in [0.5, 0.6) is 0 Å². The normalized spacial score (nSPS) is 25.2. The summed E-state index contributed by atoms with van der Waals surface area (Å²) in [6.07, 6.45) is 1.37. The van der Waals surface area contributed by atoms with Gasteiger partial charge in [0.1, 0.15) is 12.0 Å². The van der Waals surface area contributed by atoms with Crippen LogP contribution in [0.2, 0.25) is 0 Å². The third kappa shape index (κ3) is 3.48.